The largest absolute Gasteiger partial charge is 0.391 e. The van der Waals surface area contributed by atoms with Crippen LogP contribution >= 0.6 is 0 Å². The van der Waals surface area contributed by atoms with Gasteiger partial charge in [0.2, 0.25) is 0 Å². The highest BCUT2D eigenvalue weighted by Gasteiger charge is 2.13. The van der Waals surface area contributed by atoms with Crippen molar-refractivity contribution >= 4 is 5.91 Å². The second kappa shape index (κ2) is 6.30. The molecule has 0 fully saturated rings. The molecule has 1 unspecified atom stereocenters. The molecule has 1 amide bonds. The van der Waals surface area contributed by atoms with E-state index in [4.69, 9.17) is 0 Å². The van der Waals surface area contributed by atoms with Crippen LogP contribution in [0.5, 0.6) is 0 Å². The third kappa shape index (κ3) is 4.11. The number of aliphatic hydroxyl groups excluding tert-OH is 1. The fourth-order valence-electron chi connectivity index (χ4n) is 1.41. The van der Waals surface area contributed by atoms with Gasteiger partial charge in [0, 0.05) is 6.54 Å². The van der Waals surface area contributed by atoms with Gasteiger partial charge in [-0.3, -0.25) is 4.79 Å². The van der Waals surface area contributed by atoms with Crippen molar-refractivity contribution in [1.82, 2.24) is 5.32 Å². The highest BCUT2D eigenvalue weighted by molar-refractivity contribution is 5.94. The molecule has 0 spiro atoms. The summed E-state index contributed by atoms with van der Waals surface area (Å²) in [6.45, 7) is 1.93. The number of nitrogens with one attached hydrogen (secondary N) is 1. The maximum Gasteiger partial charge on any atom is 0.254 e. The Morgan fingerprint density at radius 1 is 1.47 bits per heavy atom. The Hall–Kier alpha value is -1.49. The quantitative estimate of drug-likeness (QED) is 0.829. The summed E-state index contributed by atoms with van der Waals surface area (Å²) in [4.78, 5) is 11.5. The first kappa shape index (κ1) is 13.6. The minimum atomic E-state index is -0.783. The van der Waals surface area contributed by atoms with Gasteiger partial charge in [-0.05, 0) is 24.6 Å². The first-order valence-electron chi connectivity index (χ1n) is 5.46. The van der Waals surface area contributed by atoms with Crippen molar-refractivity contribution in [3.8, 4) is 0 Å². The highest BCUT2D eigenvalue weighted by atomic mass is 19.1. The zero-order valence-corrected chi connectivity index (χ0v) is 9.54. The summed E-state index contributed by atoms with van der Waals surface area (Å²) in [7, 11) is 0. The summed E-state index contributed by atoms with van der Waals surface area (Å²) >= 11 is 0. The first-order valence-corrected chi connectivity index (χ1v) is 5.46. The summed E-state index contributed by atoms with van der Waals surface area (Å²) in [6.07, 6.45) is 0.664. The molecule has 0 saturated carbocycles. The number of aliphatic hydroxyl groups is 1. The molecule has 1 atom stereocenters. The summed E-state index contributed by atoms with van der Waals surface area (Å²) in [5.41, 5.74) is -0.353. The fourth-order valence-corrected chi connectivity index (χ4v) is 1.41. The minimum absolute atomic E-state index is 0.0304. The lowest BCUT2D eigenvalue weighted by Gasteiger charge is -2.11. The van der Waals surface area contributed by atoms with Crippen molar-refractivity contribution in [2.75, 3.05) is 6.54 Å². The van der Waals surface area contributed by atoms with Gasteiger partial charge in [0.05, 0.1) is 11.7 Å². The van der Waals surface area contributed by atoms with Gasteiger partial charge in [-0.15, -0.1) is 0 Å². The van der Waals surface area contributed by atoms with Crippen LogP contribution in [0.1, 0.15) is 30.1 Å². The van der Waals surface area contributed by atoms with E-state index in [1.165, 1.54) is 0 Å². The summed E-state index contributed by atoms with van der Waals surface area (Å²) < 4.78 is 26.0. The normalized spacial score (nSPS) is 12.2. The Bertz CT molecular complexity index is 396. The summed E-state index contributed by atoms with van der Waals surface area (Å²) in [5.74, 6) is -2.18. The predicted octanol–water partition coefficient (Wildman–Crippen LogP) is 1.86. The fraction of sp³-hybridized carbons (Fsp3) is 0.417. The number of rotatable bonds is 5. The first-order chi connectivity index (χ1) is 8.04. The molecule has 5 heteroatoms. The molecular weight excluding hydrogens is 228 g/mol. The number of benzene rings is 1. The predicted molar refractivity (Wildman–Crippen MR) is 59.6 cm³/mol. The van der Waals surface area contributed by atoms with Crippen molar-refractivity contribution < 1.29 is 18.7 Å². The van der Waals surface area contributed by atoms with Crippen LogP contribution in [0, 0.1) is 11.6 Å². The monoisotopic (exact) mass is 243 g/mol. The van der Waals surface area contributed by atoms with Crippen molar-refractivity contribution in [3.63, 3.8) is 0 Å². The molecule has 17 heavy (non-hydrogen) atoms. The average Bonchev–Trinajstić information content (AvgIpc) is 2.29. The van der Waals surface area contributed by atoms with Gasteiger partial charge in [0.15, 0.2) is 0 Å². The van der Waals surface area contributed by atoms with Crippen LogP contribution < -0.4 is 5.32 Å². The van der Waals surface area contributed by atoms with E-state index in [2.05, 4.69) is 5.32 Å². The smallest absolute Gasteiger partial charge is 0.254 e. The van der Waals surface area contributed by atoms with Crippen LogP contribution in [0.3, 0.4) is 0 Å². The molecule has 0 bridgehead atoms. The lowest BCUT2D eigenvalue weighted by molar-refractivity contribution is 0.0905. The molecule has 3 nitrogen and oxygen atoms in total. The molecule has 0 heterocycles. The van der Waals surface area contributed by atoms with E-state index in [1.54, 1.807) is 0 Å². The third-order valence-electron chi connectivity index (χ3n) is 2.29. The topological polar surface area (TPSA) is 49.3 Å². The van der Waals surface area contributed by atoms with Crippen LogP contribution in [0.2, 0.25) is 0 Å². The molecule has 1 rings (SSSR count). The standard InChI is InChI=1S/C12H15F2NO2/c1-2-3-9(16)7-15-12(17)10-6-8(13)4-5-11(10)14/h4-6,9,16H,2-3,7H2,1H3,(H,15,17). The average molecular weight is 243 g/mol. The molecule has 0 radical (unpaired) electrons. The van der Waals surface area contributed by atoms with Gasteiger partial charge >= 0.3 is 0 Å². The Morgan fingerprint density at radius 2 is 2.18 bits per heavy atom. The molecule has 1 aromatic rings. The molecule has 0 aromatic heterocycles. The van der Waals surface area contributed by atoms with E-state index in [0.717, 1.165) is 24.6 Å². The third-order valence-corrected chi connectivity index (χ3v) is 2.29. The number of carbonyl (C=O) groups is 1. The number of carbonyl (C=O) groups excluding carboxylic acids is 1. The van der Waals surface area contributed by atoms with E-state index in [0.29, 0.717) is 6.42 Å². The van der Waals surface area contributed by atoms with E-state index in [9.17, 15) is 18.7 Å². The SMILES string of the molecule is CCCC(O)CNC(=O)c1cc(F)ccc1F. The highest BCUT2D eigenvalue weighted by Crippen LogP contribution is 2.09. The van der Waals surface area contributed by atoms with Gasteiger partial charge in [-0.2, -0.15) is 0 Å². The van der Waals surface area contributed by atoms with Crippen LogP contribution in [0.15, 0.2) is 18.2 Å². The second-order valence-corrected chi connectivity index (χ2v) is 3.78. The van der Waals surface area contributed by atoms with Crippen LogP contribution in [-0.2, 0) is 0 Å². The van der Waals surface area contributed by atoms with Gasteiger partial charge in [0.25, 0.3) is 5.91 Å². The number of hydrogen-bond donors (Lipinski definition) is 2. The molecule has 94 valence electrons. The van der Waals surface area contributed by atoms with Crippen molar-refractivity contribution in [1.29, 1.82) is 0 Å². The summed E-state index contributed by atoms with van der Waals surface area (Å²) in [5, 5.41) is 11.7. The molecule has 1 aromatic carbocycles. The van der Waals surface area contributed by atoms with Crippen molar-refractivity contribution in [2.45, 2.75) is 25.9 Å². The Labute approximate surface area is 98.5 Å². The molecule has 0 saturated heterocycles. The maximum absolute atomic E-state index is 13.2. The molecule has 0 aliphatic rings. The Balaban J connectivity index is 2.61. The van der Waals surface area contributed by atoms with E-state index >= 15 is 0 Å². The van der Waals surface area contributed by atoms with Crippen molar-refractivity contribution in [2.24, 2.45) is 0 Å². The molecule has 0 aliphatic heterocycles. The van der Waals surface area contributed by atoms with Crippen molar-refractivity contribution in [3.05, 3.63) is 35.4 Å². The van der Waals surface area contributed by atoms with Crippen LogP contribution in [0.25, 0.3) is 0 Å². The minimum Gasteiger partial charge on any atom is -0.391 e. The van der Waals surface area contributed by atoms with E-state index in [1.807, 2.05) is 6.92 Å². The zero-order chi connectivity index (χ0) is 12.8. The van der Waals surface area contributed by atoms with Crippen LogP contribution in [0.4, 0.5) is 8.78 Å². The maximum atomic E-state index is 13.2. The van der Waals surface area contributed by atoms with E-state index in [-0.39, 0.29) is 12.1 Å². The second-order valence-electron chi connectivity index (χ2n) is 3.78. The van der Waals surface area contributed by atoms with Gasteiger partial charge in [-0.25, -0.2) is 8.78 Å². The number of halogens is 2. The molecule has 0 aliphatic carbocycles. The summed E-state index contributed by atoms with van der Waals surface area (Å²) in [6, 6.07) is 2.67. The van der Waals surface area contributed by atoms with Gasteiger partial charge in [0.1, 0.15) is 11.6 Å². The Kier molecular flexibility index (Phi) is 5.03. The Morgan fingerprint density at radius 3 is 2.82 bits per heavy atom. The number of hydrogen-bond acceptors (Lipinski definition) is 2. The number of amides is 1. The molecule has 2 N–H and O–H groups in total. The van der Waals surface area contributed by atoms with Gasteiger partial charge in [-0.1, -0.05) is 13.3 Å². The lowest BCUT2D eigenvalue weighted by Crippen LogP contribution is -2.32. The van der Waals surface area contributed by atoms with Crippen LogP contribution in [-0.4, -0.2) is 23.7 Å². The zero-order valence-electron chi connectivity index (χ0n) is 9.54. The van der Waals surface area contributed by atoms with E-state index < -0.39 is 23.6 Å². The van der Waals surface area contributed by atoms with Gasteiger partial charge < -0.3 is 10.4 Å². The molecular formula is C12H15F2NO2. The lowest BCUT2D eigenvalue weighted by atomic mass is 10.1.